The van der Waals surface area contributed by atoms with Gasteiger partial charge < -0.3 is 0 Å². The van der Waals surface area contributed by atoms with Gasteiger partial charge in [0.1, 0.15) is 11.6 Å². The van der Waals surface area contributed by atoms with Crippen LogP contribution in [0, 0.1) is 5.82 Å². The van der Waals surface area contributed by atoms with E-state index >= 15 is 0 Å². The lowest BCUT2D eigenvalue weighted by molar-refractivity contribution is 0.625. The van der Waals surface area contributed by atoms with Gasteiger partial charge in [0.05, 0.1) is 21.6 Å². The van der Waals surface area contributed by atoms with Gasteiger partial charge in [-0.25, -0.2) is 9.37 Å². The lowest BCUT2D eigenvalue weighted by Gasteiger charge is -2.13. The van der Waals surface area contributed by atoms with Crippen LogP contribution in [0.3, 0.4) is 0 Å². The maximum Gasteiger partial charge on any atom is 0.267 e. The van der Waals surface area contributed by atoms with E-state index in [2.05, 4.69) is 4.98 Å². The highest BCUT2D eigenvalue weighted by molar-refractivity contribution is 6.35. The number of rotatable bonds is 2. The predicted octanol–water partition coefficient (Wildman–Crippen LogP) is 3.74. The van der Waals surface area contributed by atoms with Crippen molar-refractivity contribution < 1.29 is 4.39 Å². The molecule has 0 saturated heterocycles. The minimum absolute atomic E-state index is 0.284. The first kappa shape index (κ1) is 13.8. The van der Waals surface area contributed by atoms with Crippen LogP contribution in [0.4, 0.5) is 4.39 Å². The largest absolute Gasteiger partial charge is 0.268 e. The number of hydrogen-bond donors (Lipinski definition) is 0. The third-order valence-electron chi connectivity index (χ3n) is 3.30. The van der Waals surface area contributed by atoms with Gasteiger partial charge in [0.2, 0.25) is 0 Å². The van der Waals surface area contributed by atoms with Crippen molar-refractivity contribution in [2.24, 2.45) is 0 Å². The van der Waals surface area contributed by atoms with Gasteiger partial charge in [-0.2, -0.15) is 0 Å². The Morgan fingerprint density at radius 2 is 2.00 bits per heavy atom. The maximum absolute atomic E-state index is 13.5. The Balaban J connectivity index is 2.44. The molecule has 0 amide bonds. The van der Waals surface area contributed by atoms with E-state index < -0.39 is 5.82 Å². The molecule has 2 aromatic carbocycles. The molecule has 3 aromatic rings. The summed E-state index contributed by atoms with van der Waals surface area (Å²) in [5.41, 5.74) is 0.719. The molecule has 21 heavy (non-hydrogen) atoms. The third-order valence-corrected chi connectivity index (χ3v) is 3.61. The first-order valence-corrected chi connectivity index (χ1v) is 6.95. The van der Waals surface area contributed by atoms with Gasteiger partial charge in [0, 0.05) is 6.42 Å². The quantitative estimate of drug-likeness (QED) is 0.723. The molecule has 0 aliphatic heterocycles. The highest BCUT2D eigenvalue weighted by Crippen LogP contribution is 2.20. The number of aromatic nitrogens is 2. The van der Waals surface area contributed by atoms with Crippen molar-refractivity contribution in [1.29, 1.82) is 0 Å². The fourth-order valence-electron chi connectivity index (χ4n) is 2.35. The number of nitrogens with zero attached hydrogens (tertiary/aromatic N) is 2. The molecule has 0 bridgehead atoms. The monoisotopic (exact) mass is 302 g/mol. The fourth-order valence-corrected chi connectivity index (χ4v) is 2.60. The van der Waals surface area contributed by atoms with Crippen LogP contribution in [0.1, 0.15) is 12.7 Å². The Bertz CT molecular complexity index is 889. The average Bonchev–Trinajstić information content (AvgIpc) is 2.46. The van der Waals surface area contributed by atoms with Gasteiger partial charge >= 0.3 is 0 Å². The topological polar surface area (TPSA) is 34.9 Å². The van der Waals surface area contributed by atoms with E-state index in [0.717, 1.165) is 0 Å². The Hall–Kier alpha value is -2.20. The molecule has 0 saturated carbocycles. The van der Waals surface area contributed by atoms with Crippen LogP contribution >= 0.6 is 11.6 Å². The van der Waals surface area contributed by atoms with Crippen molar-refractivity contribution in [3.05, 3.63) is 69.5 Å². The molecule has 3 rings (SSSR count). The molecule has 1 heterocycles. The minimum Gasteiger partial charge on any atom is -0.268 e. The van der Waals surface area contributed by atoms with Gasteiger partial charge in [-0.05, 0) is 30.3 Å². The molecule has 3 nitrogen and oxygen atoms in total. The van der Waals surface area contributed by atoms with Crippen molar-refractivity contribution in [3.63, 3.8) is 0 Å². The number of halogens is 2. The Kier molecular flexibility index (Phi) is 3.47. The zero-order valence-corrected chi connectivity index (χ0v) is 12.1. The summed E-state index contributed by atoms with van der Waals surface area (Å²) in [6, 6.07) is 11.0. The summed E-state index contributed by atoms with van der Waals surface area (Å²) >= 11 is 6.12. The van der Waals surface area contributed by atoms with Crippen LogP contribution in [0.2, 0.25) is 5.02 Å². The lowest BCUT2D eigenvalue weighted by Crippen LogP contribution is -2.24. The summed E-state index contributed by atoms with van der Waals surface area (Å²) in [7, 11) is 0. The van der Waals surface area contributed by atoms with Crippen molar-refractivity contribution >= 4 is 22.5 Å². The van der Waals surface area contributed by atoms with Gasteiger partial charge in [0.25, 0.3) is 5.56 Å². The molecule has 0 N–H and O–H groups in total. The van der Waals surface area contributed by atoms with E-state index in [1.54, 1.807) is 30.3 Å². The van der Waals surface area contributed by atoms with Gasteiger partial charge in [-0.15, -0.1) is 0 Å². The third kappa shape index (κ3) is 2.32. The van der Waals surface area contributed by atoms with Crippen molar-refractivity contribution in [1.82, 2.24) is 9.55 Å². The van der Waals surface area contributed by atoms with Crippen LogP contribution in [-0.4, -0.2) is 9.55 Å². The molecular formula is C16H12ClFN2O. The molecule has 0 fully saturated rings. The summed E-state index contributed by atoms with van der Waals surface area (Å²) in [5, 5.41) is 0.693. The molecule has 0 radical (unpaired) electrons. The second-order valence-corrected chi connectivity index (χ2v) is 5.04. The second kappa shape index (κ2) is 5.30. The van der Waals surface area contributed by atoms with Crippen LogP contribution in [0.5, 0.6) is 0 Å². The summed E-state index contributed by atoms with van der Waals surface area (Å²) in [6.07, 6.45) is 0.550. The fraction of sp³-hybridized carbons (Fsp3) is 0.125. The predicted molar refractivity (Wildman–Crippen MR) is 81.7 cm³/mol. The first-order valence-electron chi connectivity index (χ1n) is 6.58. The number of benzene rings is 2. The van der Waals surface area contributed by atoms with Gasteiger partial charge in [-0.1, -0.05) is 30.7 Å². The molecule has 0 aliphatic rings. The number of hydrogen-bond acceptors (Lipinski definition) is 2. The van der Waals surface area contributed by atoms with Crippen molar-refractivity contribution in [2.75, 3.05) is 0 Å². The molecular weight excluding hydrogens is 291 g/mol. The zero-order chi connectivity index (χ0) is 15.0. The molecule has 5 heteroatoms. The smallest absolute Gasteiger partial charge is 0.267 e. The molecule has 106 valence electrons. The van der Waals surface area contributed by atoms with Crippen LogP contribution in [-0.2, 0) is 6.42 Å². The SMILES string of the molecule is CCc1nc2cccc(Cl)c2c(=O)n1-c1cccc(F)c1. The molecule has 0 aliphatic carbocycles. The normalized spacial score (nSPS) is 11.0. The van der Waals surface area contributed by atoms with E-state index in [4.69, 9.17) is 11.6 Å². The first-order chi connectivity index (χ1) is 10.1. The second-order valence-electron chi connectivity index (χ2n) is 4.64. The summed E-state index contributed by atoms with van der Waals surface area (Å²) in [4.78, 5) is 17.2. The standard InChI is InChI=1S/C16H12ClFN2O/c1-2-14-19-13-8-4-7-12(17)15(13)16(21)20(14)11-6-3-5-10(18)9-11/h3-9H,2H2,1H3. The van der Waals surface area contributed by atoms with Crippen LogP contribution in [0.15, 0.2) is 47.3 Å². The molecule has 0 unspecified atom stereocenters. The van der Waals surface area contributed by atoms with E-state index in [9.17, 15) is 9.18 Å². The van der Waals surface area contributed by atoms with Gasteiger partial charge in [0.15, 0.2) is 0 Å². The van der Waals surface area contributed by atoms with Crippen LogP contribution in [0.25, 0.3) is 16.6 Å². The highest BCUT2D eigenvalue weighted by atomic mass is 35.5. The van der Waals surface area contributed by atoms with Crippen molar-refractivity contribution in [2.45, 2.75) is 13.3 Å². The van der Waals surface area contributed by atoms with Crippen molar-refractivity contribution in [3.8, 4) is 5.69 Å². The molecule has 0 atom stereocenters. The minimum atomic E-state index is -0.402. The summed E-state index contributed by atoms with van der Waals surface area (Å²) < 4.78 is 14.9. The van der Waals surface area contributed by atoms with E-state index in [0.29, 0.717) is 33.9 Å². The number of aryl methyl sites for hydroxylation is 1. The van der Waals surface area contributed by atoms with E-state index in [1.165, 1.54) is 16.7 Å². The summed E-state index contributed by atoms with van der Waals surface area (Å²) in [5.74, 6) is 0.168. The van der Waals surface area contributed by atoms with Crippen LogP contribution < -0.4 is 5.56 Å². The van der Waals surface area contributed by atoms with E-state index in [1.807, 2.05) is 6.92 Å². The average molecular weight is 303 g/mol. The Morgan fingerprint density at radius 3 is 2.71 bits per heavy atom. The lowest BCUT2D eigenvalue weighted by atomic mass is 10.2. The number of fused-ring (bicyclic) bond motifs is 1. The van der Waals surface area contributed by atoms with E-state index in [-0.39, 0.29) is 5.56 Å². The molecule has 1 aromatic heterocycles. The maximum atomic E-state index is 13.5. The Labute approximate surface area is 125 Å². The highest BCUT2D eigenvalue weighted by Gasteiger charge is 2.14. The Morgan fingerprint density at radius 1 is 1.24 bits per heavy atom. The summed E-state index contributed by atoms with van der Waals surface area (Å²) in [6.45, 7) is 1.90. The zero-order valence-electron chi connectivity index (χ0n) is 11.3. The van der Waals surface area contributed by atoms with Gasteiger partial charge in [-0.3, -0.25) is 9.36 Å². The molecule has 0 spiro atoms.